The van der Waals surface area contributed by atoms with Gasteiger partial charge >= 0.3 is 0 Å². The molecule has 0 radical (unpaired) electrons. The summed E-state index contributed by atoms with van der Waals surface area (Å²) in [7, 11) is 0. The van der Waals surface area contributed by atoms with Crippen molar-refractivity contribution in [1.29, 1.82) is 0 Å². The van der Waals surface area contributed by atoms with Crippen LogP contribution in [0.2, 0.25) is 0 Å². The molecular weight excluding hydrogens is 400 g/mol. The molecule has 6 heteroatoms. The molecule has 2 saturated heterocycles. The van der Waals surface area contributed by atoms with E-state index in [0.29, 0.717) is 6.61 Å². The first-order valence-corrected chi connectivity index (χ1v) is 11.4. The average Bonchev–Trinajstić information content (AvgIpc) is 3.39. The summed E-state index contributed by atoms with van der Waals surface area (Å²) in [6, 6.07) is 12.4. The predicted octanol–water partition coefficient (Wildman–Crippen LogP) is 4.40. The number of nitrogens with zero attached hydrogens (tertiary/aromatic N) is 4. The van der Waals surface area contributed by atoms with Crippen molar-refractivity contribution in [2.45, 2.75) is 44.6 Å². The van der Waals surface area contributed by atoms with Gasteiger partial charge in [-0.1, -0.05) is 29.8 Å². The number of aryl methyl sites for hydroxylation is 1. The molecule has 0 saturated carbocycles. The smallest absolute Gasteiger partial charge is 0.251 e. The molecule has 2 aromatic heterocycles. The molecule has 4 heterocycles. The van der Waals surface area contributed by atoms with Gasteiger partial charge in [-0.15, -0.1) is 0 Å². The average molecular weight is 429 g/mol. The van der Waals surface area contributed by atoms with Gasteiger partial charge in [-0.3, -0.25) is 9.78 Å². The van der Waals surface area contributed by atoms with Gasteiger partial charge in [0.05, 0.1) is 5.69 Å². The second-order valence-corrected chi connectivity index (χ2v) is 8.70. The van der Waals surface area contributed by atoms with Crippen LogP contribution in [0.3, 0.4) is 0 Å². The fourth-order valence-corrected chi connectivity index (χ4v) is 4.73. The highest BCUT2D eigenvalue weighted by molar-refractivity contribution is 5.81. The van der Waals surface area contributed by atoms with E-state index >= 15 is 0 Å². The zero-order chi connectivity index (χ0) is 21.9. The van der Waals surface area contributed by atoms with E-state index < -0.39 is 0 Å². The Morgan fingerprint density at radius 3 is 2.59 bits per heavy atom. The van der Waals surface area contributed by atoms with Crippen molar-refractivity contribution in [1.82, 2.24) is 19.9 Å². The lowest BCUT2D eigenvalue weighted by atomic mass is 9.88. The van der Waals surface area contributed by atoms with Crippen molar-refractivity contribution in [2.75, 3.05) is 19.7 Å². The molecule has 0 aliphatic carbocycles. The molecule has 1 amide bonds. The van der Waals surface area contributed by atoms with Gasteiger partial charge in [-0.05, 0) is 50.3 Å². The Balaban J connectivity index is 1.44. The minimum Gasteiger partial charge on any atom is -0.368 e. The van der Waals surface area contributed by atoms with Crippen LogP contribution in [-0.2, 0) is 9.53 Å². The Hall–Kier alpha value is -3.12. The van der Waals surface area contributed by atoms with Crippen molar-refractivity contribution in [3.63, 3.8) is 0 Å². The van der Waals surface area contributed by atoms with E-state index in [1.165, 1.54) is 5.56 Å². The second-order valence-electron chi connectivity index (χ2n) is 8.70. The molecular formula is C26H28N4O2. The Labute approximate surface area is 188 Å². The Bertz CT molecular complexity index is 1090. The summed E-state index contributed by atoms with van der Waals surface area (Å²) < 4.78 is 5.62. The molecule has 1 aromatic carbocycles. The third-order valence-corrected chi connectivity index (χ3v) is 6.48. The molecule has 0 spiro atoms. The highest BCUT2D eigenvalue weighted by Gasteiger charge is 2.32. The lowest BCUT2D eigenvalue weighted by molar-refractivity contribution is -0.142. The number of hydrogen-bond donors (Lipinski definition) is 0. The number of carbonyl (C=O) groups excluding carboxylic acids is 1. The SMILES string of the molecule is Cc1cccc(-c2cnc(-c3ccncc3)nc2C2CCN(C(=O)[C@H]3CCCO3)CC2)c1. The second kappa shape index (κ2) is 9.17. The first kappa shape index (κ1) is 20.8. The number of rotatable bonds is 4. The van der Waals surface area contributed by atoms with Crippen molar-refractivity contribution < 1.29 is 9.53 Å². The van der Waals surface area contributed by atoms with Crippen LogP contribution in [0.4, 0.5) is 0 Å². The fraction of sp³-hybridized carbons (Fsp3) is 0.385. The summed E-state index contributed by atoms with van der Waals surface area (Å²) in [5.41, 5.74) is 5.46. The van der Waals surface area contributed by atoms with Gasteiger partial charge in [0.25, 0.3) is 5.91 Å². The van der Waals surface area contributed by atoms with Crippen molar-refractivity contribution >= 4 is 5.91 Å². The Morgan fingerprint density at radius 2 is 1.88 bits per heavy atom. The van der Waals surface area contributed by atoms with E-state index in [0.717, 1.165) is 67.0 Å². The molecule has 0 unspecified atom stereocenters. The number of piperidine rings is 1. The topological polar surface area (TPSA) is 68.2 Å². The van der Waals surface area contributed by atoms with E-state index in [4.69, 9.17) is 9.72 Å². The highest BCUT2D eigenvalue weighted by Crippen LogP contribution is 2.35. The van der Waals surface area contributed by atoms with E-state index in [1.54, 1.807) is 12.4 Å². The third kappa shape index (κ3) is 4.28. The van der Waals surface area contributed by atoms with Gasteiger partial charge in [-0.25, -0.2) is 9.97 Å². The van der Waals surface area contributed by atoms with Crippen LogP contribution >= 0.6 is 0 Å². The third-order valence-electron chi connectivity index (χ3n) is 6.48. The lowest BCUT2D eigenvalue weighted by Gasteiger charge is -2.33. The number of benzene rings is 1. The standard InChI is InChI=1S/C26H28N4O2/c1-18-4-2-5-21(16-18)22-17-28-25(20-7-11-27-12-8-20)29-24(22)19-9-13-30(14-10-19)26(31)23-6-3-15-32-23/h2,4-5,7-8,11-12,16-17,19,23H,3,6,9-10,13-15H2,1H3/t23-/m1/s1. The van der Waals surface area contributed by atoms with E-state index in [9.17, 15) is 4.79 Å². The van der Waals surface area contributed by atoms with Crippen molar-refractivity contribution in [3.8, 4) is 22.5 Å². The summed E-state index contributed by atoms with van der Waals surface area (Å²) >= 11 is 0. The van der Waals surface area contributed by atoms with E-state index in [1.807, 2.05) is 23.2 Å². The summed E-state index contributed by atoms with van der Waals surface area (Å²) in [6.45, 7) is 4.28. The maximum Gasteiger partial charge on any atom is 0.251 e. The zero-order valence-corrected chi connectivity index (χ0v) is 18.4. The maximum absolute atomic E-state index is 12.8. The number of likely N-dealkylation sites (tertiary alicyclic amines) is 1. The Morgan fingerprint density at radius 1 is 1.06 bits per heavy atom. The minimum atomic E-state index is -0.244. The van der Waals surface area contributed by atoms with Gasteiger partial charge in [0, 0.05) is 55.3 Å². The molecule has 2 aliphatic rings. The monoisotopic (exact) mass is 428 g/mol. The summed E-state index contributed by atoms with van der Waals surface area (Å²) in [5, 5.41) is 0. The summed E-state index contributed by atoms with van der Waals surface area (Å²) in [5.74, 6) is 1.15. The molecule has 2 aliphatic heterocycles. The molecule has 0 N–H and O–H groups in total. The zero-order valence-electron chi connectivity index (χ0n) is 18.4. The maximum atomic E-state index is 12.8. The quantitative estimate of drug-likeness (QED) is 0.616. The van der Waals surface area contributed by atoms with Crippen LogP contribution in [0.5, 0.6) is 0 Å². The van der Waals surface area contributed by atoms with Gasteiger partial charge in [0.1, 0.15) is 6.10 Å². The number of pyridine rings is 1. The predicted molar refractivity (Wildman–Crippen MR) is 123 cm³/mol. The number of amides is 1. The van der Waals surface area contributed by atoms with E-state index in [2.05, 4.69) is 41.2 Å². The summed E-state index contributed by atoms with van der Waals surface area (Å²) in [4.78, 5) is 28.6. The first-order valence-electron chi connectivity index (χ1n) is 11.4. The molecule has 3 aromatic rings. The van der Waals surface area contributed by atoms with Gasteiger partial charge in [0.15, 0.2) is 5.82 Å². The van der Waals surface area contributed by atoms with Crippen LogP contribution in [-0.4, -0.2) is 51.6 Å². The van der Waals surface area contributed by atoms with Gasteiger partial charge in [0.2, 0.25) is 0 Å². The lowest BCUT2D eigenvalue weighted by Crippen LogP contribution is -2.43. The largest absolute Gasteiger partial charge is 0.368 e. The molecule has 164 valence electrons. The van der Waals surface area contributed by atoms with Crippen LogP contribution in [0.25, 0.3) is 22.5 Å². The minimum absolute atomic E-state index is 0.153. The molecule has 32 heavy (non-hydrogen) atoms. The normalized spacial score (nSPS) is 19.3. The summed E-state index contributed by atoms with van der Waals surface area (Å²) in [6.07, 6.45) is 8.85. The number of hydrogen-bond acceptors (Lipinski definition) is 5. The fourth-order valence-electron chi connectivity index (χ4n) is 4.73. The van der Waals surface area contributed by atoms with Crippen LogP contribution in [0.15, 0.2) is 55.0 Å². The van der Waals surface area contributed by atoms with Crippen LogP contribution in [0, 0.1) is 6.92 Å². The number of aromatic nitrogens is 3. The number of ether oxygens (including phenoxy) is 1. The van der Waals surface area contributed by atoms with Crippen molar-refractivity contribution in [3.05, 3.63) is 66.2 Å². The number of carbonyl (C=O) groups is 1. The Kier molecular flexibility index (Phi) is 5.95. The van der Waals surface area contributed by atoms with Crippen LogP contribution < -0.4 is 0 Å². The highest BCUT2D eigenvalue weighted by atomic mass is 16.5. The molecule has 6 nitrogen and oxygen atoms in total. The van der Waals surface area contributed by atoms with E-state index in [-0.39, 0.29) is 17.9 Å². The van der Waals surface area contributed by atoms with Gasteiger partial charge < -0.3 is 9.64 Å². The molecule has 1 atom stereocenters. The van der Waals surface area contributed by atoms with Crippen molar-refractivity contribution in [2.24, 2.45) is 0 Å². The van der Waals surface area contributed by atoms with Gasteiger partial charge in [-0.2, -0.15) is 0 Å². The molecule has 2 fully saturated rings. The molecule has 0 bridgehead atoms. The first-order chi connectivity index (χ1) is 15.7. The van der Waals surface area contributed by atoms with Crippen LogP contribution in [0.1, 0.15) is 42.9 Å². The molecule has 5 rings (SSSR count).